The summed E-state index contributed by atoms with van der Waals surface area (Å²) in [5.74, 6) is 0.685. The zero-order valence-electron chi connectivity index (χ0n) is 12.3. The van der Waals surface area contributed by atoms with E-state index in [1.807, 2.05) is 12.1 Å². The Kier molecular flexibility index (Phi) is 4.11. The van der Waals surface area contributed by atoms with E-state index in [0.29, 0.717) is 19.0 Å². The first-order valence-corrected chi connectivity index (χ1v) is 7.37. The van der Waals surface area contributed by atoms with Crippen LogP contribution in [-0.4, -0.2) is 28.2 Å². The van der Waals surface area contributed by atoms with Crippen molar-refractivity contribution in [2.45, 2.75) is 24.9 Å². The summed E-state index contributed by atoms with van der Waals surface area (Å²) in [6.45, 7) is 1.21. The predicted octanol–water partition coefficient (Wildman–Crippen LogP) is 3.59. The second kappa shape index (κ2) is 6.06. The summed E-state index contributed by atoms with van der Waals surface area (Å²) in [5.41, 5.74) is 0.218. The number of aromatic hydroxyl groups is 1. The Morgan fingerprint density at radius 1 is 1.04 bits per heavy atom. The van der Waals surface area contributed by atoms with Crippen LogP contribution in [0.5, 0.6) is 5.75 Å². The number of alkyl halides is 3. The van der Waals surface area contributed by atoms with Crippen molar-refractivity contribution < 1.29 is 18.3 Å². The van der Waals surface area contributed by atoms with Crippen LogP contribution in [0.25, 0.3) is 0 Å². The molecule has 23 heavy (non-hydrogen) atoms. The molecule has 0 unspecified atom stereocenters. The van der Waals surface area contributed by atoms with Crippen LogP contribution in [0.3, 0.4) is 0 Å². The van der Waals surface area contributed by atoms with E-state index in [1.165, 1.54) is 0 Å². The van der Waals surface area contributed by atoms with Gasteiger partial charge in [-0.15, -0.1) is 0 Å². The van der Waals surface area contributed by atoms with Gasteiger partial charge in [0.15, 0.2) is 0 Å². The number of phenols is 1. The molecule has 1 aliphatic rings. The molecule has 1 aromatic carbocycles. The van der Waals surface area contributed by atoms with Gasteiger partial charge in [-0.25, -0.2) is 9.97 Å². The molecular weight excluding hydrogens is 307 g/mol. The lowest BCUT2D eigenvalue weighted by atomic mass is 9.89. The first-order chi connectivity index (χ1) is 10.9. The summed E-state index contributed by atoms with van der Waals surface area (Å²) >= 11 is 0. The molecule has 122 valence electrons. The Morgan fingerprint density at radius 3 is 2.30 bits per heavy atom. The Morgan fingerprint density at radius 2 is 1.70 bits per heavy atom. The number of aromatic nitrogens is 2. The standard InChI is InChI=1S/C16H16F3N3O/c17-16(18,19)14-5-8-20-15(21-14)22-9-6-12(7-10-22)11-1-3-13(23)4-2-11/h1-5,8,12,23H,6-7,9-10H2. The molecule has 0 saturated carbocycles. The van der Waals surface area contributed by atoms with Crippen LogP contribution in [0.15, 0.2) is 36.5 Å². The third-order valence-corrected chi connectivity index (χ3v) is 4.08. The number of anilines is 1. The van der Waals surface area contributed by atoms with Crippen molar-refractivity contribution in [3.63, 3.8) is 0 Å². The molecule has 0 amide bonds. The van der Waals surface area contributed by atoms with Gasteiger partial charge in [-0.2, -0.15) is 13.2 Å². The van der Waals surface area contributed by atoms with Crippen molar-refractivity contribution in [1.29, 1.82) is 0 Å². The van der Waals surface area contributed by atoms with Crippen LogP contribution in [0, 0.1) is 0 Å². The highest BCUT2D eigenvalue weighted by Crippen LogP contribution is 2.32. The molecule has 1 N–H and O–H groups in total. The second-order valence-corrected chi connectivity index (χ2v) is 5.59. The minimum Gasteiger partial charge on any atom is -0.508 e. The molecule has 0 spiro atoms. The molecule has 2 heterocycles. The van der Waals surface area contributed by atoms with Crippen molar-refractivity contribution in [2.24, 2.45) is 0 Å². The minimum absolute atomic E-state index is 0.129. The van der Waals surface area contributed by atoms with E-state index in [2.05, 4.69) is 9.97 Å². The molecule has 4 nitrogen and oxygen atoms in total. The monoisotopic (exact) mass is 323 g/mol. The molecule has 3 rings (SSSR count). The van der Waals surface area contributed by atoms with Gasteiger partial charge in [0.1, 0.15) is 11.4 Å². The van der Waals surface area contributed by atoms with Crippen molar-refractivity contribution >= 4 is 5.95 Å². The SMILES string of the molecule is Oc1ccc(C2CCN(c3nccc(C(F)(F)F)n3)CC2)cc1. The molecule has 7 heteroatoms. The molecule has 0 bridgehead atoms. The highest BCUT2D eigenvalue weighted by atomic mass is 19.4. The number of benzene rings is 1. The van der Waals surface area contributed by atoms with Crippen LogP contribution < -0.4 is 4.90 Å². The molecule has 0 atom stereocenters. The Hall–Kier alpha value is -2.31. The number of hydrogen-bond acceptors (Lipinski definition) is 4. The molecular formula is C16H16F3N3O. The number of piperidine rings is 1. The minimum atomic E-state index is -4.46. The summed E-state index contributed by atoms with van der Waals surface area (Å²) in [4.78, 5) is 9.39. The largest absolute Gasteiger partial charge is 0.508 e. The van der Waals surface area contributed by atoms with Gasteiger partial charge in [-0.1, -0.05) is 12.1 Å². The van der Waals surface area contributed by atoms with Crippen molar-refractivity contribution in [2.75, 3.05) is 18.0 Å². The van der Waals surface area contributed by atoms with E-state index < -0.39 is 11.9 Å². The fraction of sp³-hybridized carbons (Fsp3) is 0.375. The average Bonchev–Trinajstić information content (AvgIpc) is 2.55. The maximum atomic E-state index is 12.7. The topological polar surface area (TPSA) is 49.2 Å². The van der Waals surface area contributed by atoms with Crippen LogP contribution in [0.4, 0.5) is 19.1 Å². The summed E-state index contributed by atoms with van der Waals surface area (Å²) < 4.78 is 38.2. The maximum Gasteiger partial charge on any atom is 0.433 e. The number of nitrogens with zero attached hydrogens (tertiary/aromatic N) is 3. The smallest absolute Gasteiger partial charge is 0.433 e. The fourth-order valence-corrected chi connectivity index (χ4v) is 2.82. The van der Waals surface area contributed by atoms with Crippen LogP contribution in [0.2, 0.25) is 0 Å². The molecule has 2 aromatic rings. The summed E-state index contributed by atoms with van der Waals surface area (Å²) in [6, 6.07) is 7.95. The Labute approximate surface area is 131 Å². The lowest BCUT2D eigenvalue weighted by Gasteiger charge is -2.32. The fourth-order valence-electron chi connectivity index (χ4n) is 2.82. The first-order valence-electron chi connectivity index (χ1n) is 7.37. The van der Waals surface area contributed by atoms with Crippen molar-refractivity contribution in [3.05, 3.63) is 47.8 Å². The van der Waals surface area contributed by atoms with E-state index in [-0.39, 0.29) is 11.7 Å². The van der Waals surface area contributed by atoms with Gasteiger partial charge >= 0.3 is 6.18 Å². The Bertz CT molecular complexity index is 665. The van der Waals surface area contributed by atoms with Crippen molar-refractivity contribution in [3.8, 4) is 5.75 Å². The molecule has 1 aliphatic heterocycles. The van der Waals surface area contributed by atoms with Gasteiger partial charge in [-0.05, 0) is 42.5 Å². The number of halogens is 3. The first kappa shape index (κ1) is 15.6. The zero-order chi connectivity index (χ0) is 16.4. The lowest BCUT2D eigenvalue weighted by molar-refractivity contribution is -0.141. The highest BCUT2D eigenvalue weighted by molar-refractivity contribution is 5.34. The summed E-state index contributed by atoms with van der Waals surface area (Å²) in [7, 11) is 0. The van der Waals surface area contributed by atoms with Gasteiger partial charge in [0.2, 0.25) is 5.95 Å². The van der Waals surface area contributed by atoms with Crippen LogP contribution in [-0.2, 0) is 6.18 Å². The van der Waals surface area contributed by atoms with Crippen LogP contribution >= 0.6 is 0 Å². The highest BCUT2D eigenvalue weighted by Gasteiger charge is 2.33. The number of hydrogen-bond donors (Lipinski definition) is 1. The zero-order valence-corrected chi connectivity index (χ0v) is 12.3. The van der Waals surface area contributed by atoms with E-state index in [9.17, 15) is 18.3 Å². The maximum absolute atomic E-state index is 12.7. The lowest BCUT2D eigenvalue weighted by Crippen LogP contribution is -2.34. The quantitative estimate of drug-likeness (QED) is 0.918. The predicted molar refractivity (Wildman–Crippen MR) is 79.3 cm³/mol. The molecule has 0 radical (unpaired) electrons. The number of phenolic OH excluding ortho intramolecular Hbond substituents is 1. The van der Waals surface area contributed by atoms with Crippen molar-refractivity contribution in [1.82, 2.24) is 9.97 Å². The third kappa shape index (κ3) is 3.55. The molecule has 1 fully saturated rings. The van der Waals surface area contributed by atoms with E-state index in [0.717, 1.165) is 30.7 Å². The Balaban J connectivity index is 1.68. The van der Waals surface area contributed by atoms with Gasteiger partial charge in [0, 0.05) is 19.3 Å². The van der Waals surface area contributed by atoms with E-state index in [1.54, 1.807) is 17.0 Å². The average molecular weight is 323 g/mol. The molecule has 0 aliphatic carbocycles. The summed E-state index contributed by atoms with van der Waals surface area (Å²) in [6.07, 6.45) is -1.69. The molecule has 1 aromatic heterocycles. The van der Waals surface area contributed by atoms with Gasteiger partial charge in [0.05, 0.1) is 0 Å². The van der Waals surface area contributed by atoms with E-state index in [4.69, 9.17) is 0 Å². The normalized spacial score (nSPS) is 16.6. The van der Waals surface area contributed by atoms with E-state index >= 15 is 0 Å². The second-order valence-electron chi connectivity index (χ2n) is 5.59. The van der Waals surface area contributed by atoms with Gasteiger partial charge in [0.25, 0.3) is 0 Å². The van der Waals surface area contributed by atoms with Gasteiger partial charge in [-0.3, -0.25) is 0 Å². The number of rotatable bonds is 2. The summed E-state index contributed by atoms with van der Waals surface area (Å²) in [5, 5.41) is 9.32. The third-order valence-electron chi connectivity index (χ3n) is 4.08. The van der Waals surface area contributed by atoms with Crippen LogP contribution in [0.1, 0.15) is 30.0 Å². The molecule has 1 saturated heterocycles. The van der Waals surface area contributed by atoms with Gasteiger partial charge < -0.3 is 10.0 Å².